The molecule has 0 radical (unpaired) electrons. The molecule has 0 aliphatic heterocycles. The van der Waals surface area contributed by atoms with Crippen LogP contribution in [-0.4, -0.2) is 23.0 Å². The van der Waals surface area contributed by atoms with Gasteiger partial charge in [0, 0.05) is 23.5 Å². The highest BCUT2D eigenvalue weighted by Crippen LogP contribution is 2.19. The molecule has 3 aromatic rings. The average Bonchev–Trinajstić information content (AvgIpc) is 2.54. The van der Waals surface area contributed by atoms with Crippen molar-refractivity contribution in [3.8, 4) is 5.88 Å². The monoisotopic (exact) mass is 279 g/mol. The van der Waals surface area contributed by atoms with Crippen LogP contribution in [-0.2, 0) is 0 Å². The molecule has 5 nitrogen and oxygen atoms in total. The smallest absolute Gasteiger partial charge is 0.261 e. The molecule has 1 amide bonds. The fraction of sp³-hybridized carbons (Fsp3) is 0.0625. The predicted octanol–water partition coefficient (Wildman–Crippen LogP) is 2.89. The van der Waals surface area contributed by atoms with E-state index in [1.807, 2.05) is 30.3 Å². The van der Waals surface area contributed by atoms with Crippen LogP contribution in [0, 0.1) is 0 Å². The maximum Gasteiger partial charge on any atom is 0.261 e. The summed E-state index contributed by atoms with van der Waals surface area (Å²) < 4.78 is 5.09. The zero-order valence-electron chi connectivity index (χ0n) is 11.4. The minimum atomic E-state index is -0.261. The third-order valence-corrected chi connectivity index (χ3v) is 3.07. The van der Waals surface area contributed by atoms with Gasteiger partial charge in [-0.05, 0) is 36.4 Å². The highest BCUT2D eigenvalue weighted by molar-refractivity contribution is 6.06. The van der Waals surface area contributed by atoms with Gasteiger partial charge in [0.05, 0.1) is 12.6 Å². The molecule has 104 valence electrons. The number of nitrogens with zero attached hydrogens (tertiary/aromatic N) is 2. The summed E-state index contributed by atoms with van der Waals surface area (Å²) >= 11 is 0. The second-order valence-electron chi connectivity index (χ2n) is 4.43. The van der Waals surface area contributed by atoms with E-state index < -0.39 is 0 Å². The largest absolute Gasteiger partial charge is 0.480 e. The van der Waals surface area contributed by atoms with Crippen molar-refractivity contribution < 1.29 is 9.53 Å². The molecular weight excluding hydrogens is 266 g/mol. The zero-order chi connectivity index (χ0) is 14.7. The van der Waals surface area contributed by atoms with Crippen LogP contribution < -0.4 is 10.1 Å². The van der Waals surface area contributed by atoms with Crippen LogP contribution in [0.15, 0.2) is 54.9 Å². The molecule has 0 saturated carbocycles. The van der Waals surface area contributed by atoms with Gasteiger partial charge in [-0.15, -0.1) is 0 Å². The third-order valence-electron chi connectivity index (χ3n) is 3.07. The number of hydrogen-bond donors (Lipinski definition) is 1. The van der Waals surface area contributed by atoms with Crippen molar-refractivity contribution in [3.05, 3.63) is 60.4 Å². The topological polar surface area (TPSA) is 64.1 Å². The summed E-state index contributed by atoms with van der Waals surface area (Å²) in [7, 11) is 1.49. The lowest BCUT2D eigenvalue weighted by molar-refractivity contribution is 0.102. The van der Waals surface area contributed by atoms with Crippen LogP contribution in [0.4, 0.5) is 5.69 Å². The van der Waals surface area contributed by atoms with Crippen molar-refractivity contribution >= 4 is 22.5 Å². The standard InChI is InChI=1S/C16H13N3O2/c1-21-16-13(5-3-9-18-16)15(20)19-12-6-7-14-11(10-12)4-2-8-17-14/h2-10H,1H3,(H,19,20). The minimum Gasteiger partial charge on any atom is -0.480 e. The summed E-state index contributed by atoms with van der Waals surface area (Å²) in [6, 6.07) is 12.7. The quantitative estimate of drug-likeness (QED) is 0.800. The number of methoxy groups -OCH3 is 1. The van der Waals surface area contributed by atoms with Crippen LogP contribution in [0.1, 0.15) is 10.4 Å². The number of aromatic nitrogens is 2. The summed E-state index contributed by atoms with van der Waals surface area (Å²) in [6.45, 7) is 0. The lowest BCUT2D eigenvalue weighted by Gasteiger charge is -2.08. The number of carbonyl (C=O) groups excluding carboxylic acids is 1. The summed E-state index contributed by atoms with van der Waals surface area (Å²) in [5.41, 5.74) is 1.98. The maximum absolute atomic E-state index is 12.3. The molecular formula is C16H13N3O2. The fourth-order valence-corrected chi connectivity index (χ4v) is 2.08. The lowest BCUT2D eigenvalue weighted by Crippen LogP contribution is -2.13. The van der Waals surface area contributed by atoms with Gasteiger partial charge in [-0.2, -0.15) is 0 Å². The molecule has 0 aliphatic carbocycles. The van der Waals surface area contributed by atoms with Crippen molar-refractivity contribution in [2.24, 2.45) is 0 Å². The zero-order valence-corrected chi connectivity index (χ0v) is 11.4. The Labute approximate surface area is 121 Å². The van der Waals surface area contributed by atoms with Crippen LogP contribution >= 0.6 is 0 Å². The Morgan fingerprint density at radius 2 is 1.90 bits per heavy atom. The molecule has 3 rings (SSSR count). The van der Waals surface area contributed by atoms with E-state index in [4.69, 9.17) is 4.74 Å². The van der Waals surface area contributed by atoms with Gasteiger partial charge in [-0.25, -0.2) is 4.98 Å². The maximum atomic E-state index is 12.3. The van der Waals surface area contributed by atoms with Gasteiger partial charge in [0.15, 0.2) is 0 Å². The van der Waals surface area contributed by atoms with Crippen molar-refractivity contribution in [3.63, 3.8) is 0 Å². The van der Waals surface area contributed by atoms with Crippen molar-refractivity contribution in [1.82, 2.24) is 9.97 Å². The molecule has 0 spiro atoms. The van der Waals surface area contributed by atoms with E-state index in [0.29, 0.717) is 17.1 Å². The van der Waals surface area contributed by atoms with E-state index in [2.05, 4.69) is 15.3 Å². The number of benzene rings is 1. The Bertz CT molecular complexity index is 802. The Balaban J connectivity index is 1.89. The molecule has 21 heavy (non-hydrogen) atoms. The van der Waals surface area contributed by atoms with Gasteiger partial charge in [0.1, 0.15) is 5.56 Å². The number of hydrogen-bond acceptors (Lipinski definition) is 4. The van der Waals surface area contributed by atoms with Crippen molar-refractivity contribution in [2.45, 2.75) is 0 Å². The Kier molecular flexibility index (Phi) is 3.47. The molecule has 0 saturated heterocycles. The molecule has 2 aromatic heterocycles. The molecule has 0 aliphatic rings. The first-order valence-electron chi connectivity index (χ1n) is 6.43. The normalized spacial score (nSPS) is 10.3. The fourth-order valence-electron chi connectivity index (χ4n) is 2.08. The number of rotatable bonds is 3. The van der Waals surface area contributed by atoms with Gasteiger partial charge in [0.25, 0.3) is 5.91 Å². The van der Waals surface area contributed by atoms with Crippen LogP contribution in [0.5, 0.6) is 5.88 Å². The van der Waals surface area contributed by atoms with E-state index >= 15 is 0 Å². The lowest BCUT2D eigenvalue weighted by atomic mass is 10.2. The Hall–Kier alpha value is -2.95. The summed E-state index contributed by atoms with van der Waals surface area (Å²) in [4.78, 5) is 20.5. The Morgan fingerprint density at radius 3 is 2.76 bits per heavy atom. The van der Waals surface area contributed by atoms with E-state index in [1.165, 1.54) is 7.11 Å². The second-order valence-corrected chi connectivity index (χ2v) is 4.43. The number of pyridine rings is 2. The Morgan fingerprint density at radius 1 is 1.10 bits per heavy atom. The second kappa shape index (κ2) is 5.58. The van der Waals surface area contributed by atoms with Crippen molar-refractivity contribution in [1.29, 1.82) is 0 Å². The molecule has 0 bridgehead atoms. The first-order chi connectivity index (χ1) is 10.3. The molecule has 0 unspecified atom stereocenters. The van der Waals surface area contributed by atoms with Gasteiger partial charge < -0.3 is 10.1 Å². The summed E-state index contributed by atoms with van der Waals surface area (Å²) in [5, 5.41) is 3.80. The first-order valence-corrected chi connectivity index (χ1v) is 6.43. The molecule has 1 aromatic carbocycles. The van der Waals surface area contributed by atoms with E-state index in [-0.39, 0.29) is 5.91 Å². The minimum absolute atomic E-state index is 0.261. The number of fused-ring (bicyclic) bond motifs is 1. The van der Waals surface area contributed by atoms with Gasteiger partial charge in [-0.3, -0.25) is 9.78 Å². The predicted molar refractivity (Wildman–Crippen MR) is 80.5 cm³/mol. The number of nitrogens with one attached hydrogen (secondary N) is 1. The van der Waals surface area contributed by atoms with Gasteiger partial charge in [0.2, 0.25) is 5.88 Å². The van der Waals surface area contributed by atoms with Crippen LogP contribution in [0.25, 0.3) is 10.9 Å². The summed E-state index contributed by atoms with van der Waals surface area (Å²) in [6.07, 6.45) is 3.32. The summed E-state index contributed by atoms with van der Waals surface area (Å²) in [5.74, 6) is 0.0423. The van der Waals surface area contributed by atoms with E-state index in [0.717, 1.165) is 10.9 Å². The van der Waals surface area contributed by atoms with Crippen LogP contribution in [0.3, 0.4) is 0 Å². The number of carbonyl (C=O) groups is 1. The molecule has 5 heteroatoms. The molecule has 1 N–H and O–H groups in total. The first kappa shape index (κ1) is 13.1. The number of amides is 1. The van der Waals surface area contributed by atoms with E-state index in [1.54, 1.807) is 24.5 Å². The van der Waals surface area contributed by atoms with E-state index in [9.17, 15) is 4.79 Å². The number of ether oxygens (including phenoxy) is 1. The van der Waals surface area contributed by atoms with Gasteiger partial charge in [-0.1, -0.05) is 6.07 Å². The SMILES string of the molecule is COc1ncccc1C(=O)Nc1ccc2ncccc2c1. The molecule has 0 fully saturated rings. The molecule has 0 atom stereocenters. The molecule has 2 heterocycles. The number of anilines is 1. The highest BCUT2D eigenvalue weighted by atomic mass is 16.5. The highest BCUT2D eigenvalue weighted by Gasteiger charge is 2.13. The third kappa shape index (κ3) is 2.67. The van der Waals surface area contributed by atoms with Crippen LogP contribution in [0.2, 0.25) is 0 Å². The van der Waals surface area contributed by atoms with Gasteiger partial charge >= 0.3 is 0 Å². The average molecular weight is 279 g/mol. The van der Waals surface area contributed by atoms with Crippen molar-refractivity contribution in [2.75, 3.05) is 12.4 Å².